The molecule has 4 nitrogen and oxygen atoms in total. The second kappa shape index (κ2) is 9.82. The van der Waals surface area contributed by atoms with E-state index < -0.39 is 0 Å². The zero-order chi connectivity index (χ0) is 13.9. The highest BCUT2D eigenvalue weighted by molar-refractivity contribution is 5.31. The third-order valence-electron chi connectivity index (χ3n) is 3.74. The monoisotopic (exact) mass is 266 g/mol. The van der Waals surface area contributed by atoms with Gasteiger partial charge in [-0.05, 0) is 13.3 Å². The fraction of sp³-hybridized carbons (Fsp3) is 0.867. The molecule has 0 aliphatic rings. The summed E-state index contributed by atoms with van der Waals surface area (Å²) in [6.07, 6.45) is 13.6. The summed E-state index contributed by atoms with van der Waals surface area (Å²) in [5.41, 5.74) is 6.66. The van der Waals surface area contributed by atoms with Crippen molar-refractivity contribution in [3.05, 3.63) is 5.69 Å². The molecule has 0 amide bonds. The van der Waals surface area contributed by atoms with Crippen molar-refractivity contribution in [3.8, 4) is 0 Å². The van der Waals surface area contributed by atoms with Crippen LogP contribution in [0.1, 0.15) is 76.8 Å². The molecule has 0 aromatic carbocycles. The van der Waals surface area contributed by atoms with Crippen LogP contribution in [0.4, 0.5) is 5.82 Å². The first-order valence-corrected chi connectivity index (χ1v) is 7.91. The number of hydrogen-bond donors (Lipinski definition) is 1. The summed E-state index contributed by atoms with van der Waals surface area (Å²) in [5.74, 6) is 0.562. The lowest BCUT2D eigenvalue weighted by atomic mass is 10.1. The summed E-state index contributed by atoms with van der Waals surface area (Å²) < 4.78 is 1.92. The summed E-state index contributed by atoms with van der Waals surface area (Å²) in [4.78, 5) is 0. The van der Waals surface area contributed by atoms with Crippen molar-refractivity contribution in [3.63, 3.8) is 0 Å². The van der Waals surface area contributed by atoms with Gasteiger partial charge in [-0.3, -0.25) is 0 Å². The van der Waals surface area contributed by atoms with Crippen LogP contribution in [0.3, 0.4) is 0 Å². The quantitative estimate of drug-likeness (QED) is 0.614. The van der Waals surface area contributed by atoms with Gasteiger partial charge in [0.05, 0.1) is 5.69 Å². The van der Waals surface area contributed by atoms with Crippen LogP contribution in [0.25, 0.3) is 0 Å². The predicted molar refractivity (Wildman–Crippen MR) is 81.0 cm³/mol. The third-order valence-corrected chi connectivity index (χ3v) is 3.74. The van der Waals surface area contributed by atoms with E-state index in [0.717, 1.165) is 12.2 Å². The number of aryl methyl sites for hydroxylation is 1. The van der Waals surface area contributed by atoms with Crippen LogP contribution in [-0.2, 0) is 6.54 Å². The summed E-state index contributed by atoms with van der Waals surface area (Å²) >= 11 is 0. The molecule has 0 radical (unpaired) electrons. The Hall–Kier alpha value is -1.06. The lowest BCUT2D eigenvalue weighted by molar-refractivity contribution is 0.501. The minimum absolute atomic E-state index is 0.562. The van der Waals surface area contributed by atoms with E-state index in [9.17, 15) is 0 Å². The minimum atomic E-state index is 0.562. The number of rotatable bonds is 11. The Morgan fingerprint density at radius 2 is 1.42 bits per heavy atom. The van der Waals surface area contributed by atoms with Gasteiger partial charge in [-0.25, -0.2) is 4.68 Å². The van der Waals surface area contributed by atoms with Gasteiger partial charge in [-0.2, -0.15) is 0 Å². The first kappa shape index (κ1) is 16.0. The van der Waals surface area contributed by atoms with Gasteiger partial charge in [0.25, 0.3) is 0 Å². The van der Waals surface area contributed by atoms with Gasteiger partial charge < -0.3 is 5.73 Å². The second-order valence-corrected chi connectivity index (χ2v) is 5.47. The highest BCUT2D eigenvalue weighted by Crippen LogP contribution is 2.11. The zero-order valence-corrected chi connectivity index (χ0v) is 12.7. The van der Waals surface area contributed by atoms with Crippen LogP contribution < -0.4 is 5.73 Å². The molecule has 110 valence electrons. The van der Waals surface area contributed by atoms with Crippen LogP contribution in [0.2, 0.25) is 0 Å². The van der Waals surface area contributed by atoms with E-state index in [0.29, 0.717) is 5.82 Å². The standard InChI is InChI=1S/C15H30N4/c1-3-4-5-6-7-8-9-10-11-12-13-19-14(2)15(16)17-18-19/h3-13,16H2,1-2H3. The van der Waals surface area contributed by atoms with E-state index in [1.807, 2.05) is 11.6 Å². The Labute approximate surface area is 117 Å². The molecule has 0 saturated carbocycles. The number of nitrogens with zero attached hydrogens (tertiary/aromatic N) is 3. The summed E-state index contributed by atoms with van der Waals surface area (Å²) in [6, 6.07) is 0. The molecule has 19 heavy (non-hydrogen) atoms. The van der Waals surface area contributed by atoms with E-state index in [4.69, 9.17) is 5.73 Å². The normalized spacial score (nSPS) is 11.1. The largest absolute Gasteiger partial charge is 0.381 e. The molecule has 0 aliphatic carbocycles. The highest BCUT2D eigenvalue weighted by Gasteiger charge is 2.03. The van der Waals surface area contributed by atoms with Crippen LogP contribution in [0.5, 0.6) is 0 Å². The molecular formula is C15H30N4. The SMILES string of the molecule is CCCCCCCCCCCCn1nnc(N)c1C. The van der Waals surface area contributed by atoms with E-state index in [1.54, 1.807) is 0 Å². The number of anilines is 1. The average Bonchev–Trinajstić information content (AvgIpc) is 2.73. The fourth-order valence-electron chi connectivity index (χ4n) is 2.34. The Morgan fingerprint density at radius 1 is 0.895 bits per heavy atom. The third kappa shape index (κ3) is 6.60. The van der Waals surface area contributed by atoms with E-state index in [2.05, 4.69) is 17.2 Å². The Kier molecular flexibility index (Phi) is 8.26. The summed E-state index contributed by atoms with van der Waals surface area (Å²) in [6.45, 7) is 5.20. The molecule has 1 rings (SSSR count). The predicted octanol–water partition coefficient (Wildman–Crippen LogP) is 4.09. The van der Waals surface area contributed by atoms with E-state index in [1.165, 1.54) is 64.2 Å². The topological polar surface area (TPSA) is 56.7 Å². The fourth-order valence-corrected chi connectivity index (χ4v) is 2.34. The van der Waals surface area contributed by atoms with Crippen LogP contribution in [0, 0.1) is 6.92 Å². The number of unbranched alkanes of at least 4 members (excludes halogenated alkanes) is 9. The van der Waals surface area contributed by atoms with E-state index in [-0.39, 0.29) is 0 Å². The van der Waals surface area contributed by atoms with Crippen molar-refractivity contribution in [2.75, 3.05) is 5.73 Å². The van der Waals surface area contributed by atoms with Crippen LogP contribution in [0.15, 0.2) is 0 Å². The van der Waals surface area contributed by atoms with Gasteiger partial charge in [0, 0.05) is 6.54 Å². The molecule has 4 heteroatoms. The van der Waals surface area contributed by atoms with Crippen molar-refractivity contribution in [1.29, 1.82) is 0 Å². The lowest BCUT2D eigenvalue weighted by Crippen LogP contribution is -2.03. The molecule has 0 spiro atoms. The van der Waals surface area contributed by atoms with Crippen molar-refractivity contribution in [2.45, 2.75) is 84.6 Å². The van der Waals surface area contributed by atoms with Crippen molar-refractivity contribution in [2.24, 2.45) is 0 Å². The maximum Gasteiger partial charge on any atom is 0.168 e. The van der Waals surface area contributed by atoms with Gasteiger partial charge in [0.15, 0.2) is 5.82 Å². The smallest absolute Gasteiger partial charge is 0.168 e. The molecule has 0 saturated heterocycles. The number of nitrogen functional groups attached to an aromatic ring is 1. The minimum Gasteiger partial charge on any atom is -0.381 e. The number of aromatic nitrogens is 3. The Morgan fingerprint density at radius 3 is 1.89 bits per heavy atom. The van der Waals surface area contributed by atoms with Crippen molar-refractivity contribution < 1.29 is 0 Å². The second-order valence-electron chi connectivity index (χ2n) is 5.47. The number of nitrogens with two attached hydrogens (primary N) is 1. The Bertz CT molecular complexity index is 333. The number of hydrogen-bond acceptors (Lipinski definition) is 3. The highest BCUT2D eigenvalue weighted by atomic mass is 15.4. The van der Waals surface area contributed by atoms with Gasteiger partial charge in [0.2, 0.25) is 0 Å². The van der Waals surface area contributed by atoms with Gasteiger partial charge in [-0.1, -0.05) is 69.9 Å². The molecule has 2 N–H and O–H groups in total. The molecule has 1 aromatic rings. The summed E-state index contributed by atoms with van der Waals surface area (Å²) in [7, 11) is 0. The van der Waals surface area contributed by atoms with Crippen LogP contribution in [-0.4, -0.2) is 15.0 Å². The maximum absolute atomic E-state index is 5.67. The molecule has 0 unspecified atom stereocenters. The van der Waals surface area contributed by atoms with Gasteiger partial charge in [0.1, 0.15) is 0 Å². The maximum atomic E-state index is 5.67. The molecule has 0 aliphatic heterocycles. The molecule has 0 atom stereocenters. The van der Waals surface area contributed by atoms with Crippen LogP contribution >= 0.6 is 0 Å². The van der Waals surface area contributed by atoms with Gasteiger partial charge in [-0.15, -0.1) is 5.10 Å². The Balaban J connectivity index is 1.90. The van der Waals surface area contributed by atoms with Crippen molar-refractivity contribution in [1.82, 2.24) is 15.0 Å². The van der Waals surface area contributed by atoms with Crippen molar-refractivity contribution >= 4 is 5.82 Å². The average molecular weight is 266 g/mol. The molecule has 0 bridgehead atoms. The summed E-state index contributed by atoms with van der Waals surface area (Å²) in [5, 5.41) is 7.90. The molecule has 0 fully saturated rings. The first-order chi connectivity index (χ1) is 9.25. The molecule has 1 aromatic heterocycles. The van der Waals surface area contributed by atoms with E-state index >= 15 is 0 Å². The molecule has 1 heterocycles. The first-order valence-electron chi connectivity index (χ1n) is 7.91. The molecular weight excluding hydrogens is 236 g/mol. The van der Waals surface area contributed by atoms with Gasteiger partial charge >= 0.3 is 0 Å². The zero-order valence-electron chi connectivity index (χ0n) is 12.7. The lowest BCUT2D eigenvalue weighted by Gasteiger charge is -2.04.